The van der Waals surface area contributed by atoms with Crippen LogP contribution in [0.2, 0.25) is 0 Å². The topological polar surface area (TPSA) is 80.5 Å². The summed E-state index contributed by atoms with van der Waals surface area (Å²) in [5.41, 5.74) is 0.624. The third-order valence-corrected chi connectivity index (χ3v) is 3.82. The van der Waals surface area contributed by atoms with E-state index in [1.807, 2.05) is 0 Å². The van der Waals surface area contributed by atoms with Gasteiger partial charge in [-0.1, -0.05) is 0 Å². The predicted octanol–water partition coefficient (Wildman–Crippen LogP) is 1.49. The highest BCUT2D eigenvalue weighted by atomic mass is 32.2. The van der Waals surface area contributed by atoms with Gasteiger partial charge in [-0.2, -0.15) is 0 Å². The standard InChI is InChI=1S/C14H18N2O3S/c1-3-4-5-6-7-14(17)16(2)12-8-10-13(11-9-12)20(15,18)19/h1,8-11H,4-7H2,2H3,(H2,15,18,19). The summed E-state index contributed by atoms with van der Waals surface area (Å²) in [5.74, 6) is 2.49. The molecule has 0 aliphatic carbocycles. The highest BCUT2D eigenvalue weighted by molar-refractivity contribution is 7.89. The summed E-state index contributed by atoms with van der Waals surface area (Å²) in [6.07, 6.45) is 7.78. The van der Waals surface area contributed by atoms with Gasteiger partial charge in [0.15, 0.2) is 0 Å². The van der Waals surface area contributed by atoms with E-state index in [4.69, 9.17) is 11.6 Å². The lowest BCUT2D eigenvalue weighted by Gasteiger charge is -2.17. The van der Waals surface area contributed by atoms with E-state index in [0.29, 0.717) is 18.5 Å². The van der Waals surface area contributed by atoms with Crippen LogP contribution in [0, 0.1) is 12.3 Å². The van der Waals surface area contributed by atoms with Crippen molar-refractivity contribution >= 4 is 21.6 Å². The zero-order valence-corrected chi connectivity index (χ0v) is 12.2. The SMILES string of the molecule is C#CCCCCC(=O)N(C)c1ccc(S(N)(=O)=O)cc1. The summed E-state index contributed by atoms with van der Waals surface area (Å²) >= 11 is 0. The molecule has 0 saturated heterocycles. The zero-order chi connectivity index (χ0) is 15.2. The summed E-state index contributed by atoms with van der Waals surface area (Å²) in [6.45, 7) is 0. The van der Waals surface area contributed by atoms with E-state index < -0.39 is 10.0 Å². The molecule has 0 spiro atoms. The Labute approximate surface area is 119 Å². The van der Waals surface area contributed by atoms with Crippen molar-refractivity contribution in [1.29, 1.82) is 0 Å². The minimum absolute atomic E-state index is 0.0242. The number of primary sulfonamides is 1. The van der Waals surface area contributed by atoms with Gasteiger partial charge in [0.1, 0.15) is 0 Å². The van der Waals surface area contributed by atoms with Gasteiger partial charge in [0.2, 0.25) is 15.9 Å². The summed E-state index contributed by atoms with van der Waals surface area (Å²) in [7, 11) is -2.06. The fourth-order valence-electron chi connectivity index (χ4n) is 1.67. The summed E-state index contributed by atoms with van der Waals surface area (Å²) < 4.78 is 22.3. The van der Waals surface area contributed by atoms with Gasteiger partial charge in [-0.25, -0.2) is 13.6 Å². The van der Waals surface area contributed by atoms with Crippen molar-refractivity contribution in [3.63, 3.8) is 0 Å². The summed E-state index contributed by atoms with van der Waals surface area (Å²) in [4.78, 5) is 13.4. The number of amides is 1. The lowest BCUT2D eigenvalue weighted by Crippen LogP contribution is -2.25. The highest BCUT2D eigenvalue weighted by Gasteiger charge is 2.12. The van der Waals surface area contributed by atoms with Gasteiger partial charge in [0, 0.05) is 25.6 Å². The number of rotatable bonds is 6. The number of unbranched alkanes of at least 4 members (excludes halogenated alkanes) is 2. The van der Waals surface area contributed by atoms with Crippen molar-refractivity contribution in [1.82, 2.24) is 0 Å². The molecule has 0 atom stereocenters. The maximum atomic E-state index is 11.9. The number of anilines is 1. The Balaban J connectivity index is 2.66. The molecule has 1 rings (SSSR count). The third-order valence-electron chi connectivity index (χ3n) is 2.89. The predicted molar refractivity (Wildman–Crippen MR) is 78.5 cm³/mol. The van der Waals surface area contributed by atoms with Crippen LogP contribution in [0.1, 0.15) is 25.7 Å². The second kappa shape index (κ2) is 7.08. The average molecular weight is 294 g/mol. The molecule has 0 saturated carbocycles. The van der Waals surface area contributed by atoms with E-state index in [0.717, 1.165) is 12.8 Å². The van der Waals surface area contributed by atoms with Crippen LogP contribution in [0.25, 0.3) is 0 Å². The molecule has 1 aromatic rings. The first-order valence-corrected chi connectivity index (χ1v) is 7.74. The van der Waals surface area contributed by atoms with Crippen LogP contribution in [-0.2, 0) is 14.8 Å². The maximum absolute atomic E-state index is 11.9. The van der Waals surface area contributed by atoms with E-state index in [2.05, 4.69) is 5.92 Å². The molecule has 1 aromatic carbocycles. The lowest BCUT2D eigenvalue weighted by molar-refractivity contribution is -0.118. The number of carbonyl (C=O) groups excluding carboxylic acids is 1. The molecule has 1 amide bonds. The van der Waals surface area contributed by atoms with Crippen LogP contribution < -0.4 is 10.0 Å². The number of nitrogens with two attached hydrogens (primary N) is 1. The molecular weight excluding hydrogens is 276 g/mol. The Kier molecular flexibility index (Phi) is 5.74. The molecule has 5 nitrogen and oxygen atoms in total. The highest BCUT2D eigenvalue weighted by Crippen LogP contribution is 2.17. The van der Waals surface area contributed by atoms with Crippen LogP contribution in [-0.4, -0.2) is 21.4 Å². The van der Waals surface area contributed by atoms with Gasteiger partial charge in [-0.3, -0.25) is 4.79 Å². The van der Waals surface area contributed by atoms with Crippen LogP contribution in [0.4, 0.5) is 5.69 Å². The van der Waals surface area contributed by atoms with E-state index >= 15 is 0 Å². The molecule has 0 aromatic heterocycles. The maximum Gasteiger partial charge on any atom is 0.238 e. The van der Waals surface area contributed by atoms with Crippen LogP contribution in [0.15, 0.2) is 29.2 Å². The Bertz CT molecular complexity index is 600. The molecule has 0 heterocycles. The molecule has 2 N–H and O–H groups in total. The lowest BCUT2D eigenvalue weighted by atomic mass is 10.2. The van der Waals surface area contributed by atoms with Gasteiger partial charge >= 0.3 is 0 Å². The minimum atomic E-state index is -3.71. The van der Waals surface area contributed by atoms with Gasteiger partial charge in [0.05, 0.1) is 4.90 Å². The van der Waals surface area contributed by atoms with Crippen molar-refractivity contribution < 1.29 is 13.2 Å². The molecule has 6 heteroatoms. The van der Waals surface area contributed by atoms with E-state index in [-0.39, 0.29) is 10.8 Å². The minimum Gasteiger partial charge on any atom is -0.316 e. The van der Waals surface area contributed by atoms with Crippen molar-refractivity contribution in [3.05, 3.63) is 24.3 Å². The third kappa shape index (κ3) is 4.68. The fraction of sp³-hybridized carbons (Fsp3) is 0.357. The van der Waals surface area contributed by atoms with Crippen molar-refractivity contribution in [3.8, 4) is 12.3 Å². The molecular formula is C14H18N2O3S. The number of hydrogen-bond donors (Lipinski definition) is 1. The number of terminal acetylenes is 1. The van der Waals surface area contributed by atoms with Crippen LogP contribution >= 0.6 is 0 Å². The van der Waals surface area contributed by atoms with Crippen LogP contribution in [0.5, 0.6) is 0 Å². The van der Waals surface area contributed by atoms with Gasteiger partial charge < -0.3 is 4.90 Å². The number of benzene rings is 1. The largest absolute Gasteiger partial charge is 0.316 e. The molecule has 0 bridgehead atoms. The zero-order valence-electron chi connectivity index (χ0n) is 11.4. The molecule has 0 unspecified atom stereocenters. The molecule has 0 radical (unpaired) electrons. The van der Waals surface area contributed by atoms with Gasteiger partial charge in [0.25, 0.3) is 0 Å². The average Bonchev–Trinajstić information content (AvgIpc) is 2.41. The second-order valence-electron chi connectivity index (χ2n) is 4.40. The second-order valence-corrected chi connectivity index (χ2v) is 5.96. The summed E-state index contributed by atoms with van der Waals surface area (Å²) in [5, 5.41) is 5.01. The quantitative estimate of drug-likeness (QED) is 0.637. The smallest absolute Gasteiger partial charge is 0.238 e. The molecule has 0 aliphatic heterocycles. The van der Waals surface area contributed by atoms with Crippen LogP contribution in [0.3, 0.4) is 0 Å². The number of carbonyl (C=O) groups is 1. The van der Waals surface area contributed by atoms with Crippen molar-refractivity contribution in [2.24, 2.45) is 5.14 Å². The first-order chi connectivity index (χ1) is 9.36. The monoisotopic (exact) mass is 294 g/mol. The Morgan fingerprint density at radius 1 is 1.30 bits per heavy atom. The molecule has 0 fully saturated rings. The van der Waals surface area contributed by atoms with Gasteiger partial charge in [-0.05, 0) is 37.1 Å². The number of sulfonamides is 1. The first kappa shape index (κ1) is 16.2. The van der Waals surface area contributed by atoms with E-state index in [1.165, 1.54) is 17.0 Å². The first-order valence-electron chi connectivity index (χ1n) is 6.19. The number of hydrogen-bond acceptors (Lipinski definition) is 3. The Hall–Kier alpha value is -1.84. The summed E-state index contributed by atoms with van der Waals surface area (Å²) in [6, 6.07) is 5.87. The van der Waals surface area contributed by atoms with E-state index in [9.17, 15) is 13.2 Å². The molecule has 20 heavy (non-hydrogen) atoms. The van der Waals surface area contributed by atoms with E-state index in [1.54, 1.807) is 19.2 Å². The molecule has 0 aliphatic rings. The van der Waals surface area contributed by atoms with Gasteiger partial charge in [-0.15, -0.1) is 12.3 Å². The number of nitrogens with zero attached hydrogens (tertiary/aromatic N) is 1. The fourth-order valence-corrected chi connectivity index (χ4v) is 2.19. The molecule has 108 valence electrons. The normalized spacial score (nSPS) is 10.8. The Morgan fingerprint density at radius 3 is 2.40 bits per heavy atom. The Morgan fingerprint density at radius 2 is 1.90 bits per heavy atom. The van der Waals surface area contributed by atoms with Crippen molar-refractivity contribution in [2.75, 3.05) is 11.9 Å². The van der Waals surface area contributed by atoms with Crippen molar-refractivity contribution in [2.45, 2.75) is 30.6 Å².